The van der Waals surface area contributed by atoms with Gasteiger partial charge in [-0.05, 0) is 29.1 Å². The Balaban J connectivity index is 1.84. The molecule has 0 aliphatic carbocycles. The van der Waals surface area contributed by atoms with Gasteiger partial charge in [-0.15, -0.1) is 0 Å². The highest BCUT2D eigenvalue weighted by atomic mass is 15.1. The van der Waals surface area contributed by atoms with E-state index in [2.05, 4.69) is 63.7 Å². The van der Waals surface area contributed by atoms with Crippen molar-refractivity contribution in [3.8, 4) is 0 Å². The molecule has 4 nitrogen and oxygen atoms in total. The van der Waals surface area contributed by atoms with E-state index < -0.39 is 0 Å². The number of hydrogen-bond acceptors (Lipinski definition) is 2. The zero-order chi connectivity index (χ0) is 14.8. The Morgan fingerprint density at radius 3 is 2.76 bits per heavy atom. The maximum absolute atomic E-state index is 4.40. The Kier molecular flexibility index (Phi) is 3.80. The summed E-state index contributed by atoms with van der Waals surface area (Å²) in [5.41, 5.74) is 2.58. The Morgan fingerprint density at radius 1 is 1.19 bits per heavy atom. The average molecular weight is 282 g/mol. The van der Waals surface area contributed by atoms with Crippen LogP contribution in [0, 0.1) is 0 Å². The van der Waals surface area contributed by atoms with E-state index in [0.717, 1.165) is 18.9 Å². The van der Waals surface area contributed by atoms with Crippen molar-refractivity contribution in [2.24, 2.45) is 7.05 Å². The van der Waals surface area contributed by atoms with Crippen LogP contribution in [-0.2, 0) is 20.1 Å². The summed E-state index contributed by atoms with van der Waals surface area (Å²) in [5.74, 6) is 1.07. The highest BCUT2D eigenvalue weighted by Crippen LogP contribution is 2.19. The molecule has 0 saturated carbocycles. The van der Waals surface area contributed by atoms with Gasteiger partial charge in [0, 0.05) is 43.7 Å². The van der Waals surface area contributed by atoms with Gasteiger partial charge in [0.25, 0.3) is 0 Å². The first-order chi connectivity index (χ1) is 10.1. The molecule has 110 valence electrons. The predicted molar refractivity (Wildman–Crippen MR) is 86.2 cm³/mol. The highest BCUT2D eigenvalue weighted by Gasteiger charge is 2.06. The van der Waals surface area contributed by atoms with Crippen LogP contribution in [0.1, 0.15) is 25.2 Å². The number of rotatable bonds is 5. The van der Waals surface area contributed by atoms with Crippen LogP contribution in [0.3, 0.4) is 0 Å². The summed E-state index contributed by atoms with van der Waals surface area (Å²) in [6, 6.07) is 9.35. The number of aryl methyl sites for hydroxylation is 1. The first-order valence-corrected chi connectivity index (χ1v) is 7.41. The quantitative estimate of drug-likeness (QED) is 0.781. The fourth-order valence-electron chi connectivity index (χ4n) is 2.52. The largest absolute Gasteiger partial charge is 0.340 e. The molecule has 0 atom stereocenters. The van der Waals surface area contributed by atoms with E-state index in [9.17, 15) is 0 Å². The first-order valence-electron chi connectivity index (χ1n) is 7.41. The second kappa shape index (κ2) is 5.74. The van der Waals surface area contributed by atoms with Crippen LogP contribution in [-0.4, -0.2) is 20.2 Å². The second-order valence-corrected chi connectivity index (χ2v) is 5.83. The summed E-state index contributed by atoms with van der Waals surface area (Å²) in [6.45, 7) is 6.05. The third kappa shape index (κ3) is 3.00. The number of fused-ring (bicyclic) bond motifs is 1. The third-order valence-corrected chi connectivity index (χ3v) is 3.78. The van der Waals surface area contributed by atoms with Crippen LogP contribution in [0.5, 0.6) is 0 Å². The summed E-state index contributed by atoms with van der Waals surface area (Å²) in [7, 11) is 2.03. The third-order valence-electron chi connectivity index (χ3n) is 3.78. The summed E-state index contributed by atoms with van der Waals surface area (Å²) >= 11 is 0. The molecule has 0 unspecified atom stereocenters. The molecule has 0 spiro atoms. The van der Waals surface area contributed by atoms with Gasteiger partial charge in [-0.3, -0.25) is 0 Å². The highest BCUT2D eigenvalue weighted by molar-refractivity contribution is 5.81. The van der Waals surface area contributed by atoms with Crippen molar-refractivity contribution in [3.05, 3.63) is 54.2 Å². The lowest BCUT2D eigenvalue weighted by Crippen LogP contribution is -2.21. The smallest absolute Gasteiger partial charge is 0.128 e. The van der Waals surface area contributed by atoms with Gasteiger partial charge in [0.15, 0.2) is 0 Å². The molecule has 4 heteroatoms. The molecular weight excluding hydrogens is 260 g/mol. The molecule has 0 amide bonds. The van der Waals surface area contributed by atoms with Crippen molar-refractivity contribution in [2.75, 3.05) is 0 Å². The number of imidazole rings is 1. The first kappa shape index (κ1) is 13.9. The van der Waals surface area contributed by atoms with Crippen molar-refractivity contribution in [1.82, 2.24) is 19.4 Å². The normalized spacial score (nSPS) is 11.6. The van der Waals surface area contributed by atoms with Crippen LogP contribution in [0.25, 0.3) is 10.9 Å². The van der Waals surface area contributed by atoms with Gasteiger partial charge < -0.3 is 14.5 Å². The monoisotopic (exact) mass is 282 g/mol. The SMILES string of the molecule is CC(C)NCc1ccc2c(ccn2Cc2nccn2C)c1. The van der Waals surface area contributed by atoms with Crippen molar-refractivity contribution < 1.29 is 0 Å². The Labute approximate surface area is 125 Å². The van der Waals surface area contributed by atoms with E-state index in [4.69, 9.17) is 0 Å². The summed E-state index contributed by atoms with van der Waals surface area (Å²) < 4.78 is 4.31. The molecule has 0 aliphatic rings. The fourth-order valence-corrected chi connectivity index (χ4v) is 2.52. The zero-order valence-electron chi connectivity index (χ0n) is 12.9. The summed E-state index contributed by atoms with van der Waals surface area (Å²) in [5, 5.41) is 4.74. The average Bonchev–Trinajstić information content (AvgIpc) is 3.04. The molecular formula is C17H22N4. The maximum atomic E-state index is 4.40. The van der Waals surface area contributed by atoms with Gasteiger partial charge >= 0.3 is 0 Å². The number of nitrogens with one attached hydrogen (secondary N) is 1. The van der Waals surface area contributed by atoms with E-state index in [0.29, 0.717) is 6.04 Å². The Bertz CT molecular complexity index is 736. The van der Waals surface area contributed by atoms with Crippen molar-refractivity contribution in [3.63, 3.8) is 0 Å². The van der Waals surface area contributed by atoms with Gasteiger partial charge in [-0.1, -0.05) is 19.9 Å². The molecule has 3 rings (SSSR count). The summed E-state index contributed by atoms with van der Waals surface area (Å²) in [4.78, 5) is 4.40. The van der Waals surface area contributed by atoms with Gasteiger partial charge in [0.1, 0.15) is 5.82 Å². The van der Waals surface area contributed by atoms with E-state index in [1.54, 1.807) is 0 Å². The van der Waals surface area contributed by atoms with Gasteiger partial charge in [0.2, 0.25) is 0 Å². The van der Waals surface area contributed by atoms with Crippen LogP contribution >= 0.6 is 0 Å². The maximum Gasteiger partial charge on any atom is 0.128 e. The molecule has 2 aromatic heterocycles. The molecule has 0 radical (unpaired) electrons. The predicted octanol–water partition coefficient (Wildman–Crippen LogP) is 2.92. The molecule has 3 aromatic rings. The topological polar surface area (TPSA) is 34.8 Å². The fraction of sp³-hybridized carbons (Fsp3) is 0.353. The van der Waals surface area contributed by atoms with E-state index in [1.807, 2.05) is 19.4 Å². The molecule has 0 saturated heterocycles. The van der Waals surface area contributed by atoms with Crippen molar-refractivity contribution in [2.45, 2.75) is 33.0 Å². The Hall–Kier alpha value is -2.07. The molecule has 0 aliphatic heterocycles. The molecule has 21 heavy (non-hydrogen) atoms. The molecule has 1 aromatic carbocycles. The van der Waals surface area contributed by atoms with Crippen LogP contribution < -0.4 is 5.32 Å². The molecule has 1 N–H and O–H groups in total. The van der Waals surface area contributed by atoms with E-state index >= 15 is 0 Å². The molecule has 0 fully saturated rings. The number of nitrogens with zero attached hydrogens (tertiary/aromatic N) is 3. The van der Waals surface area contributed by atoms with Gasteiger partial charge in [-0.25, -0.2) is 4.98 Å². The van der Waals surface area contributed by atoms with Crippen molar-refractivity contribution in [1.29, 1.82) is 0 Å². The second-order valence-electron chi connectivity index (χ2n) is 5.83. The van der Waals surface area contributed by atoms with Crippen LogP contribution in [0.15, 0.2) is 42.9 Å². The van der Waals surface area contributed by atoms with Crippen molar-refractivity contribution >= 4 is 10.9 Å². The van der Waals surface area contributed by atoms with Crippen LogP contribution in [0.4, 0.5) is 0 Å². The standard InChI is InChI=1S/C17H22N4/c1-13(2)19-11-14-4-5-16-15(10-14)6-8-21(16)12-17-18-7-9-20(17)3/h4-10,13,19H,11-12H2,1-3H3. The van der Waals surface area contributed by atoms with E-state index in [1.165, 1.54) is 16.5 Å². The minimum absolute atomic E-state index is 0.508. The lowest BCUT2D eigenvalue weighted by atomic mass is 10.1. The number of aromatic nitrogens is 3. The Morgan fingerprint density at radius 2 is 2.05 bits per heavy atom. The summed E-state index contributed by atoms with van der Waals surface area (Å²) in [6.07, 6.45) is 5.96. The number of hydrogen-bond donors (Lipinski definition) is 1. The molecule has 0 bridgehead atoms. The van der Waals surface area contributed by atoms with E-state index in [-0.39, 0.29) is 0 Å². The minimum atomic E-state index is 0.508. The zero-order valence-corrected chi connectivity index (χ0v) is 12.9. The number of benzene rings is 1. The molecule has 2 heterocycles. The minimum Gasteiger partial charge on any atom is -0.340 e. The lowest BCUT2D eigenvalue weighted by molar-refractivity contribution is 0.589. The lowest BCUT2D eigenvalue weighted by Gasteiger charge is -2.09. The van der Waals surface area contributed by atoms with Gasteiger partial charge in [0.05, 0.1) is 6.54 Å². The van der Waals surface area contributed by atoms with Gasteiger partial charge in [-0.2, -0.15) is 0 Å². The van der Waals surface area contributed by atoms with Crippen LogP contribution in [0.2, 0.25) is 0 Å².